The number of amides is 1. The van der Waals surface area contributed by atoms with E-state index in [9.17, 15) is 4.79 Å². The van der Waals surface area contributed by atoms with Gasteiger partial charge in [-0.2, -0.15) is 0 Å². The van der Waals surface area contributed by atoms with Gasteiger partial charge >= 0.3 is 0 Å². The van der Waals surface area contributed by atoms with E-state index in [-0.39, 0.29) is 5.91 Å². The SMILES string of the molecule is CN(C(=O)c1ccncc1Cl)C1CC1. The maximum Gasteiger partial charge on any atom is 0.255 e. The number of hydrogen-bond donors (Lipinski definition) is 0. The first-order chi connectivity index (χ1) is 6.70. The molecule has 74 valence electrons. The Morgan fingerprint density at radius 3 is 2.93 bits per heavy atom. The van der Waals surface area contributed by atoms with Crippen LogP contribution in [0.1, 0.15) is 23.2 Å². The Bertz CT molecular complexity index is 363. The van der Waals surface area contributed by atoms with Crippen LogP contribution in [0.3, 0.4) is 0 Å². The van der Waals surface area contributed by atoms with Gasteiger partial charge in [-0.05, 0) is 18.9 Å². The van der Waals surface area contributed by atoms with Crippen molar-refractivity contribution in [3.63, 3.8) is 0 Å². The Morgan fingerprint density at radius 1 is 1.64 bits per heavy atom. The maximum absolute atomic E-state index is 11.9. The van der Waals surface area contributed by atoms with Crippen LogP contribution < -0.4 is 0 Å². The van der Waals surface area contributed by atoms with Crippen LogP contribution in [0.4, 0.5) is 0 Å². The highest BCUT2D eigenvalue weighted by molar-refractivity contribution is 6.33. The first-order valence-corrected chi connectivity index (χ1v) is 4.94. The zero-order valence-electron chi connectivity index (χ0n) is 7.90. The van der Waals surface area contributed by atoms with Crippen molar-refractivity contribution < 1.29 is 4.79 Å². The Morgan fingerprint density at radius 2 is 2.36 bits per heavy atom. The number of rotatable bonds is 2. The number of nitrogens with zero attached hydrogens (tertiary/aromatic N) is 2. The molecule has 0 aliphatic heterocycles. The molecule has 1 saturated carbocycles. The highest BCUT2D eigenvalue weighted by atomic mass is 35.5. The first-order valence-electron chi connectivity index (χ1n) is 4.57. The van der Waals surface area contributed by atoms with Crippen LogP contribution in [0.2, 0.25) is 5.02 Å². The van der Waals surface area contributed by atoms with E-state index >= 15 is 0 Å². The Balaban J connectivity index is 2.21. The van der Waals surface area contributed by atoms with E-state index in [1.165, 1.54) is 6.20 Å². The lowest BCUT2D eigenvalue weighted by Gasteiger charge is -2.16. The summed E-state index contributed by atoms with van der Waals surface area (Å²) in [7, 11) is 1.82. The molecule has 1 aromatic rings. The third kappa shape index (κ3) is 1.73. The van der Waals surface area contributed by atoms with E-state index in [1.807, 2.05) is 7.05 Å². The smallest absolute Gasteiger partial charge is 0.255 e. The lowest BCUT2D eigenvalue weighted by Crippen LogP contribution is -2.28. The average Bonchev–Trinajstić information content (AvgIpc) is 3.00. The van der Waals surface area contributed by atoms with Crippen LogP contribution in [-0.2, 0) is 0 Å². The average molecular weight is 211 g/mol. The minimum Gasteiger partial charge on any atom is -0.339 e. The second-order valence-electron chi connectivity index (χ2n) is 3.50. The molecule has 2 rings (SSSR count). The second-order valence-corrected chi connectivity index (χ2v) is 3.91. The monoisotopic (exact) mass is 210 g/mol. The van der Waals surface area contributed by atoms with Crippen LogP contribution in [0.15, 0.2) is 18.5 Å². The predicted molar refractivity (Wildman–Crippen MR) is 54.4 cm³/mol. The van der Waals surface area contributed by atoms with Crippen molar-refractivity contribution in [1.82, 2.24) is 9.88 Å². The van der Waals surface area contributed by atoms with E-state index in [1.54, 1.807) is 17.2 Å². The van der Waals surface area contributed by atoms with Gasteiger partial charge in [0.25, 0.3) is 5.91 Å². The number of halogens is 1. The summed E-state index contributed by atoms with van der Waals surface area (Å²) in [5.74, 6) is -0.0140. The van der Waals surface area contributed by atoms with Gasteiger partial charge in [0.1, 0.15) is 0 Å². The van der Waals surface area contributed by atoms with Crippen LogP contribution in [-0.4, -0.2) is 28.9 Å². The molecule has 1 fully saturated rings. The molecule has 0 spiro atoms. The van der Waals surface area contributed by atoms with Gasteiger partial charge in [-0.15, -0.1) is 0 Å². The van der Waals surface area contributed by atoms with E-state index in [4.69, 9.17) is 11.6 Å². The lowest BCUT2D eigenvalue weighted by molar-refractivity contribution is 0.0785. The van der Waals surface area contributed by atoms with Crippen molar-refractivity contribution in [2.45, 2.75) is 18.9 Å². The highest BCUT2D eigenvalue weighted by Gasteiger charge is 2.30. The summed E-state index contributed by atoms with van der Waals surface area (Å²) in [5.41, 5.74) is 0.538. The van der Waals surface area contributed by atoms with Crippen LogP contribution in [0.25, 0.3) is 0 Å². The molecule has 0 unspecified atom stereocenters. The van der Waals surface area contributed by atoms with Crippen LogP contribution in [0.5, 0.6) is 0 Å². The zero-order chi connectivity index (χ0) is 10.1. The quantitative estimate of drug-likeness (QED) is 0.748. The summed E-state index contributed by atoms with van der Waals surface area (Å²) in [6.45, 7) is 0. The van der Waals surface area contributed by atoms with E-state index < -0.39 is 0 Å². The fourth-order valence-corrected chi connectivity index (χ4v) is 1.57. The predicted octanol–water partition coefficient (Wildman–Crippen LogP) is 1.97. The minimum absolute atomic E-state index is 0.0140. The highest BCUT2D eigenvalue weighted by Crippen LogP contribution is 2.27. The number of carbonyl (C=O) groups excluding carboxylic acids is 1. The Kier molecular flexibility index (Phi) is 2.42. The summed E-state index contributed by atoms with van der Waals surface area (Å²) >= 11 is 5.88. The van der Waals surface area contributed by atoms with Crippen LogP contribution in [0, 0.1) is 0 Å². The standard InChI is InChI=1S/C10H11ClN2O/c1-13(7-2-3-7)10(14)8-4-5-12-6-9(8)11/h4-7H,2-3H2,1H3. The molecule has 1 aliphatic carbocycles. The van der Waals surface area contributed by atoms with Gasteiger partial charge in [0.15, 0.2) is 0 Å². The van der Waals surface area contributed by atoms with Gasteiger partial charge in [0.05, 0.1) is 10.6 Å². The zero-order valence-corrected chi connectivity index (χ0v) is 8.66. The number of carbonyl (C=O) groups is 1. The number of pyridine rings is 1. The molecule has 1 amide bonds. The summed E-state index contributed by atoms with van der Waals surface area (Å²) in [6.07, 6.45) is 5.28. The Hall–Kier alpha value is -1.09. The molecule has 0 bridgehead atoms. The van der Waals surface area contributed by atoms with Crippen molar-refractivity contribution in [3.8, 4) is 0 Å². The number of hydrogen-bond acceptors (Lipinski definition) is 2. The van der Waals surface area contributed by atoms with Crippen molar-refractivity contribution in [3.05, 3.63) is 29.0 Å². The topological polar surface area (TPSA) is 33.2 Å². The summed E-state index contributed by atoms with van der Waals surface area (Å²) < 4.78 is 0. The number of aromatic nitrogens is 1. The van der Waals surface area contributed by atoms with Gasteiger partial charge in [0, 0.05) is 25.5 Å². The lowest BCUT2D eigenvalue weighted by atomic mass is 10.2. The summed E-state index contributed by atoms with van der Waals surface area (Å²) in [5, 5.41) is 0.421. The second kappa shape index (κ2) is 3.58. The molecule has 1 aliphatic rings. The summed E-state index contributed by atoms with van der Waals surface area (Å²) in [4.78, 5) is 17.5. The molecular weight excluding hydrogens is 200 g/mol. The fraction of sp³-hybridized carbons (Fsp3) is 0.400. The van der Waals surface area contributed by atoms with Crippen LogP contribution >= 0.6 is 11.6 Å². The molecule has 14 heavy (non-hydrogen) atoms. The molecular formula is C10H11ClN2O. The molecule has 0 atom stereocenters. The molecule has 0 saturated heterocycles. The maximum atomic E-state index is 11.9. The van der Waals surface area contributed by atoms with Crippen molar-refractivity contribution >= 4 is 17.5 Å². The fourth-order valence-electron chi connectivity index (χ4n) is 1.37. The normalized spacial score (nSPS) is 15.3. The Labute approximate surface area is 87.7 Å². The van der Waals surface area contributed by atoms with Gasteiger partial charge in [-0.25, -0.2) is 0 Å². The van der Waals surface area contributed by atoms with E-state index in [2.05, 4.69) is 4.98 Å². The molecule has 0 aromatic carbocycles. The molecule has 0 radical (unpaired) electrons. The van der Waals surface area contributed by atoms with Crippen molar-refractivity contribution in [2.75, 3.05) is 7.05 Å². The molecule has 1 aromatic heterocycles. The summed E-state index contributed by atoms with van der Waals surface area (Å²) in [6, 6.07) is 2.07. The molecule has 1 heterocycles. The molecule has 4 heteroatoms. The van der Waals surface area contributed by atoms with Gasteiger partial charge in [0.2, 0.25) is 0 Å². The largest absolute Gasteiger partial charge is 0.339 e. The third-order valence-electron chi connectivity index (χ3n) is 2.42. The van der Waals surface area contributed by atoms with Crippen molar-refractivity contribution in [1.29, 1.82) is 0 Å². The molecule has 0 N–H and O–H groups in total. The molecule has 3 nitrogen and oxygen atoms in total. The van der Waals surface area contributed by atoms with Gasteiger partial charge < -0.3 is 4.90 Å². The van der Waals surface area contributed by atoms with Gasteiger partial charge in [-0.1, -0.05) is 11.6 Å². The first kappa shape index (κ1) is 9.46. The van der Waals surface area contributed by atoms with E-state index in [0.29, 0.717) is 16.6 Å². The third-order valence-corrected chi connectivity index (χ3v) is 2.72. The minimum atomic E-state index is -0.0140. The van der Waals surface area contributed by atoms with Gasteiger partial charge in [-0.3, -0.25) is 9.78 Å². The van der Waals surface area contributed by atoms with E-state index in [0.717, 1.165) is 12.8 Å². The van der Waals surface area contributed by atoms with Crippen molar-refractivity contribution in [2.24, 2.45) is 0 Å².